The fraction of sp³-hybridized carbons (Fsp3) is 0.214. The molecule has 3 rings (SSSR count). The average molecular weight is 228 g/mol. The van der Waals surface area contributed by atoms with Crippen LogP contribution in [-0.2, 0) is 6.42 Å². The summed E-state index contributed by atoms with van der Waals surface area (Å²) in [5.74, 6) is 1.88. The van der Waals surface area contributed by atoms with Crippen LogP contribution in [0.5, 0.6) is 5.75 Å². The van der Waals surface area contributed by atoms with Crippen molar-refractivity contribution in [2.45, 2.75) is 19.3 Å². The Bertz CT molecular complexity index is 564. The summed E-state index contributed by atoms with van der Waals surface area (Å²) in [6.07, 6.45) is 2.31. The van der Waals surface area contributed by atoms with Gasteiger partial charge >= 0.3 is 0 Å². The number of rotatable bonds is 1. The van der Waals surface area contributed by atoms with Crippen LogP contribution in [-0.4, -0.2) is 10.9 Å². The van der Waals surface area contributed by atoms with Crippen molar-refractivity contribution in [1.29, 1.82) is 0 Å². The number of aromatic hydroxyl groups is 1. The number of hydrogen-bond acceptors (Lipinski definition) is 3. The third-order valence-electron chi connectivity index (χ3n) is 3.07. The van der Waals surface area contributed by atoms with Crippen molar-refractivity contribution >= 4 is 5.78 Å². The van der Waals surface area contributed by atoms with E-state index in [0.717, 1.165) is 29.7 Å². The molecule has 17 heavy (non-hydrogen) atoms. The lowest BCUT2D eigenvalue weighted by Gasteiger charge is -2.06. The van der Waals surface area contributed by atoms with E-state index in [2.05, 4.69) is 0 Å². The van der Waals surface area contributed by atoms with Crippen LogP contribution in [0.1, 0.15) is 29.0 Å². The summed E-state index contributed by atoms with van der Waals surface area (Å²) in [5.41, 5.74) is 1.60. The Labute approximate surface area is 98.7 Å². The SMILES string of the molecule is O=C1CCCc2oc(-c3ccc(O)cc3)cc21. The van der Waals surface area contributed by atoms with Crippen molar-refractivity contribution < 1.29 is 14.3 Å². The molecule has 0 saturated heterocycles. The van der Waals surface area contributed by atoms with Crippen molar-refractivity contribution in [3.63, 3.8) is 0 Å². The van der Waals surface area contributed by atoms with E-state index in [1.54, 1.807) is 24.3 Å². The van der Waals surface area contributed by atoms with E-state index in [9.17, 15) is 9.90 Å². The molecule has 1 heterocycles. The maximum Gasteiger partial charge on any atom is 0.166 e. The minimum Gasteiger partial charge on any atom is -0.508 e. The summed E-state index contributed by atoms with van der Waals surface area (Å²) >= 11 is 0. The van der Waals surface area contributed by atoms with Gasteiger partial charge < -0.3 is 9.52 Å². The van der Waals surface area contributed by atoms with Gasteiger partial charge in [0, 0.05) is 18.4 Å². The van der Waals surface area contributed by atoms with Gasteiger partial charge in [-0.15, -0.1) is 0 Å². The van der Waals surface area contributed by atoms with Gasteiger partial charge in [-0.2, -0.15) is 0 Å². The molecule has 3 heteroatoms. The zero-order chi connectivity index (χ0) is 11.8. The second kappa shape index (κ2) is 3.77. The van der Waals surface area contributed by atoms with Crippen LogP contribution >= 0.6 is 0 Å². The summed E-state index contributed by atoms with van der Waals surface area (Å²) in [5, 5.41) is 9.22. The number of fused-ring (bicyclic) bond motifs is 1. The first-order valence-corrected chi connectivity index (χ1v) is 5.69. The van der Waals surface area contributed by atoms with Crippen LogP contribution < -0.4 is 0 Å². The second-order valence-corrected chi connectivity index (χ2v) is 4.27. The monoisotopic (exact) mass is 228 g/mol. The molecule has 0 amide bonds. The van der Waals surface area contributed by atoms with Gasteiger partial charge in [0.05, 0.1) is 5.56 Å². The third kappa shape index (κ3) is 1.73. The van der Waals surface area contributed by atoms with Crippen LogP contribution in [0.2, 0.25) is 0 Å². The molecule has 0 spiro atoms. The summed E-state index contributed by atoms with van der Waals surface area (Å²) < 4.78 is 5.70. The molecule has 2 aromatic rings. The molecule has 1 aromatic heterocycles. The molecule has 0 saturated carbocycles. The fourth-order valence-corrected chi connectivity index (χ4v) is 2.16. The van der Waals surface area contributed by atoms with Gasteiger partial charge in [0.25, 0.3) is 0 Å². The Morgan fingerprint density at radius 3 is 2.59 bits per heavy atom. The summed E-state index contributed by atoms with van der Waals surface area (Å²) in [6.45, 7) is 0. The second-order valence-electron chi connectivity index (χ2n) is 4.27. The normalized spacial score (nSPS) is 14.7. The van der Waals surface area contributed by atoms with E-state index in [4.69, 9.17) is 4.42 Å². The Kier molecular flexibility index (Phi) is 2.25. The van der Waals surface area contributed by atoms with E-state index in [1.165, 1.54) is 0 Å². The number of carbonyl (C=O) groups excluding carboxylic acids is 1. The number of phenolic OH excluding ortho intramolecular Hbond substituents is 1. The molecule has 1 aliphatic carbocycles. The number of Topliss-reactive ketones (excluding diaryl/α,β-unsaturated/α-hetero) is 1. The van der Waals surface area contributed by atoms with E-state index in [0.29, 0.717) is 12.2 Å². The van der Waals surface area contributed by atoms with Crippen LogP contribution in [0.15, 0.2) is 34.7 Å². The van der Waals surface area contributed by atoms with E-state index < -0.39 is 0 Å². The highest BCUT2D eigenvalue weighted by atomic mass is 16.3. The molecule has 1 N–H and O–H groups in total. The van der Waals surface area contributed by atoms with Crippen molar-refractivity contribution in [2.24, 2.45) is 0 Å². The molecule has 86 valence electrons. The number of carbonyl (C=O) groups is 1. The highest BCUT2D eigenvalue weighted by molar-refractivity contribution is 5.98. The average Bonchev–Trinajstić information content (AvgIpc) is 2.75. The minimum absolute atomic E-state index is 0.167. The lowest BCUT2D eigenvalue weighted by atomic mass is 9.97. The number of benzene rings is 1. The lowest BCUT2D eigenvalue weighted by Crippen LogP contribution is -2.07. The smallest absolute Gasteiger partial charge is 0.166 e. The van der Waals surface area contributed by atoms with Crippen molar-refractivity contribution in [3.05, 3.63) is 41.7 Å². The number of ketones is 1. The van der Waals surface area contributed by atoms with Gasteiger partial charge in [0.2, 0.25) is 0 Å². The molecule has 1 aromatic carbocycles. The zero-order valence-electron chi connectivity index (χ0n) is 9.27. The lowest BCUT2D eigenvalue weighted by molar-refractivity contribution is 0.0969. The highest BCUT2D eigenvalue weighted by Crippen LogP contribution is 2.31. The van der Waals surface area contributed by atoms with Crippen LogP contribution in [0.3, 0.4) is 0 Å². The number of phenols is 1. The first kappa shape index (κ1) is 10.1. The molecule has 0 atom stereocenters. The fourth-order valence-electron chi connectivity index (χ4n) is 2.16. The minimum atomic E-state index is 0.167. The van der Waals surface area contributed by atoms with Crippen LogP contribution in [0, 0.1) is 0 Å². The highest BCUT2D eigenvalue weighted by Gasteiger charge is 2.22. The van der Waals surface area contributed by atoms with Gasteiger partial charge in [-0.3, -0.25) is 4.79 Å². The van der Waals surface area contributed by atoms with Crippen LogP contribution in [0.4, 0.5) is 0 Å². The molecule has 1 aliphatic rings. The summed E-state index contributed by atoms with van der Waals surface area (Å²) in [4.78, 5) is 11.7. The molecular formula is C14H12O3. The van der Waals surface area contributed by atoms with Gasteiger partial charge in [0.15, 0.2) is 5.78 Å². The van der Waals surface area contributed by atoms with Crippen molar-refractivity contribution in [1.82, 2.24) is 0 Å². The van der Waals surface area contributed by atoms with Crippen LogP contribution in [0.25, 0.3) is 11.3 Å². The Balaban J connectivity index is 2.05. The molecule has 0 radical (unpaired) electrons. The van der Waals surface area contributed by atoms with Gasteiger partial charge in [0.1, 0.15) is 17.3 Å². The zero-order valence-corrected chi connectivity index (χ0v) is 9.27. The number of hydrogen-bond donors (Lipinski definition) is 1. The molecule has 0 aliphatic heterocycles. The van der Waals surface area contributed by atoms with Gasteiger partial charge in [-0.1, -0.05) is 0 Å². The molecule has 3 nitrogen and oxygen atoms in total. The Morgan fingerprint density at radius 1 is 1.12 bits per heavy atom. The van der Waals surface area contributed by atoms with Gasteiger partial charge in [-0.05, 0) is 36.8 Å². The molecular weight excluding hydrogens is 216 g/mol. The Morgan fingerprint density at radius 2 is 1.88 bits per heavy atom. The third-order valence-corrected chi connectivity index (χ3v) is 3.07. The van der Waals surface area contributed by atoms with Gasteiger partial charge in [-0.25, -0.2) is 0 Å². The standard InChI is InChI=1S/C14H12O3/c15-10-6-4-9(5-7-10)14-8-11-12(16)2-1-3-13(11)17-14/h4-8,15H,1-3H2. The maximum atomic E-state index is 11.7. The number of aryl methyl sites for hydroxylation is 1. The Hall–Kier alpha value is -2.03. The van der Waals surface area contributed by atoms with E-state index >= 15 is 0 Å². The summed E-state index contributed by atoms with van der Waals surface area (Å²) in [6, 6.07) is 8.59. The first-order chi connectivity index (χ1) is 8.24. The van der Waals surface area contributed by atoms with Crippen molar-refractivity contribution in [3.8, 4) is 17.1 Å². The van der Waals surface area contributed by atoms with Crippen molar-refractivity contribution in [2.75, 3.05) is 0 Å². The predicted molar refractivity (Wildman–Crippen MR) is 63.1 cm³/mol. The molecule has 0 fully saturated rings. The topological polar surface area (TPSA) is 50.4 Å². The quantitative estimate of drug-likeness (QED) is 0.815. The molecule has 0 unspecified atom stereocenters. The van der Waals surface area contributed by atoms with E-state index in [-0.39, 0.29) is 11.5 Å². The largest absolute Gasteiger partial charge is 0.508 e. The van der Waals surface area contributed by atoms with E-state index in [1.807, 2.05) is 6.07 Å². The predicted octanol–water partition coefficient (Wildman–Crippen LogP) is 3.17. The number of furan rings is 1. The first-order valence-electron chi connectivity index (χ1n) is 5.69. The molecule has 0 bridgehead atoms. The summed E-state index contributed by atoms with van der Waals surface area (Å²) in [7, 11) is 0. The maximum absolute atomic E-state index is 11.7.